The SMILES string of the molecule is CCOC(=O)Nc1cccc(C(=O)Nc2cccc(I)c2)c1. The zero-order valence-electron chi connectivity index (χ0n) is 11.9. The van der Waals surface area contributed by atoms with Crippen LogP contribution >= 0.6 is 22.6 Å². The van der Waals surface area contributed by atoms with Crippen LogP contribution in [0.25, 0.3) is 0 Å². The van der Waals surface area contributed by atoms with Crippen LogP contribution < -0.4 is 10.6 Å². The second-order valence-electron chi connectivity index (χ2n) is 4.39. The predicted octanol–water partition coefficient (Wildman–Crippen LogP) is 4.11. The molecule has 0 unspecified atom stereocenters. The molecule has 114 valence electrons. The van der Waals surface area contributed by atoms with E-state index in [2.05, 4.69) is 33.2 Å². The molecule has 0 atom stereocenters. The highest BCUT2D eigenvalue weighted by Crippen LogP contribution is 2.16. The summed E-state index contributed by atoms with van der Waals surface area (Å²) >= 11 is 2.18. The van der Waals surface area contributed by atoms with Gasteiger partial charge in [-0.05, 0) is 65.9 Å². The molecule has 2 rings (SSSR count). The molecule has 0 bridgehead atoms. The Hall–Kier alpha value is -2.09. The number of carbonyl (C=O) groups excluding carboxylic acids is 2. The minimum Gasteiger partial charge on any atom is -0.450 e. The number of nitrogens with one attached hydrogen (secondary N) is 2. The van der Waals surface area contributed by atoms with E-state index in [9.17, 15) is 9.59 Å². The van der Waals surface area contributed by atoms with Crippen molar-refractivity contribution in [2.75, 3.05) is 17.2 Å². The minimum atomic E-state index is -0.544. The molecule has 2 aromatic rings. The van der Waals surface area contributed by atoms with E-state index in [4.69, 9.17) is 4.74 Å². The standard InChI is InChI=1S/C16H15IN2O3/c1-2-22-16(21)19-13-7-3-5-11(9-13)15(20)18-14-8-4-6-12(17)10-14/h3-10H,2H2,1H3,(H,18,20)(H,19,21). The molecule has 2 N–H and O–H groups in total. The Morgan fingerprint density at radius 3 is 2.41 bits per heavy atom. The molecule has 6 heteroatoms. The van der Waals surface area contributed by atoms with Crippen molar-refractivity contribution in [2.24, 2.45) is 0 Å². The van der Waals surface area contributed by atoms with Gasteiger partial charge in [0.05, 0.1) is 6.61 Å². The van der Waals surface area contributed by atoms with Crippen LogP contribution in [0.1, 0.15) is 17.3 Å². The summed E-state index contributed by atoms with van der Waals surface area (Å²) in [5.74, 6) is -0.241. The molecule has 0 radical (unpaired) electrons. The number of carbonyl (C=O) groups is 2. The summed E-state index contributed by atoms with van der Waals surface area (Å²) in [6.45, 7) is 2.02. The molecule has 0 saturated heterocycles. The zero-order valence-corrected chi connectivity index (χ0v) is 14.1. The summed E-state index contributed by atoms with van der Waals surface area (Å²) in [4.78, 5) is 23.6. The summed E-state index contributed by atoms with van der Waals surface area (Å²) in [5, 5.41) is 5.39. The first kappa shape index (κ1) is 16.3. The van der Waals surface area contributed by atoms with Crippen molar-refractivity contribution in [2.45, 2.75) is 6.92 Å². The largest absolute Gasteiger partial charge is 0.450 e. The van der Waals surface area contributed by atoms with Crippen LogP contribution in [-0.4, -0.2) is 18.6 Å². The van der Waals surface area contributed by atoms with E-state index in [1.165, 1.54) is 0 Å². The Kier molecular flexibility index (Phi) is 5.76. The maximum absolute atomic E-state index is 12.2. The number of halogens is 1. The molecule has 22 heavy (non-hydrogen) atoms. The number of hydrogen-bond acceptors (Lipinski definition) is 3. The fourth-order valence-electron chi connectivity index (χ4n) is 1.79. The van der Waals surface area contributed by atoms with E-state index in [-0.39, 0.29) is 5.91 Å². The summed E-state index contributed by atoms with van der Waals surface area (Å²) < 4.78 is 5.84. The van der Waals surface area contributed by atoms with Crippen molar-refractivity contribution in [3.8, 4) is 0 Å². The van der Waals surface area contributed by atoms with E-state index >= 15 is 0 Å². The Balaban J connectivity index is 2.08. The molecule has 0 aliphatic rings. The molecule has 0 aliphatic carbocycles. The lowest BCUT2D eigenvalue weighted by atomic mass is 10.2. The first-order valence-corrected chi connectivity index (χ1v) is 7.77. The average Bonchev–Trinajstić information content (AvgIpc) is 2.47. The first-order valence-electron chi connectivity index (χ1n) is 6.69. The number of rotatable bonds is 4. The first-order chi connectivity index (χ1) is 10.6. The second-order valence-corrected chi connectivity index (χ2v) is 5.64. The fraction of sp³-hybridized carbons (Fsp3) is 0.125. The van der Waals surface area contributed by atoms with Crippen LogP contribution in [0.15, 0.2) is 48.5 Å². The fourth-order valence-corrected chi connectivity index (χ4v) is 2.34. The molecule has 2 amide bonds. The van der Waals surface area contributed by atoms with Gasteiger partial charge in [-0.3, -0.25) is 10.1 Å². The van der Waals surface area contributed by atoms with Crippen LogP contribution in [0.3, 0.4) is 0 Å². The van der Waals surface area contributed by atoms with Crippen molar-refractivity contribution in [3.63, 3.8) is 0 Å². The maximum atomic E-state index is 12.2. The number of anilines is 2. The van der Waals surface area contributed by atoms with Crippen LogP contribution in [0, 0.1) is 3.57 Å². The van der Waals surface area contributed by atoms with Gasteiger partial charge in [0.2, 0.25) is 0 Å². The smallest absolute Gasteiger partial charge is 0.411 e. The Bertz CT molecular complexity index is 689. The lowest BCUT2D eigenvalue weighted by molar-refractivity contribution is 0.102. The van der Waals surface area contributed by atoms with Crippen LogP contribution in [0.2, 0.25) is 0 Å². The van der Waals surface area contributed by atoms with E-state index in [1.54, 1.807) is 31.2 Å². The van der Waals surface area contributed by atoms with Gasteiger partial charge >= 0.3 is 6.09 Å². The van der Waals surface area contributed by atoms with E-state index in [0.29, 0.717) is 17.9 Å². The van der Waals surface area contributed by atoms with E-state index in [1.807, 2.05) is 24.3 Å². The van der Waals surface area contributed by atoms with Gasteiger partial charge in [-0.1, -0.05) is 12.1 Å². The molecule has 2 aromatic carbocycles. The quantitative estimate of drug-likeness (QED) is 0.746. The maximum Gasteiger partial charge on any atom is 0.411 e. The molecule has 0 fully saturated rings. The third-order valence-corrected chi connectivity index (χ3v) is 3.40. The van der Waals surface area contributed by atoms with E-state index < -0.39 is 6.09 Å². The number of ether oxygens (including phenoxy) is 1. The van der Waals surface area contributed by atoms with Gasteiger partial charge in [0, 0.05) is 20.5 Å². The monoisotopic (exact) mass is 410 g/mol. The van der Waals surface area contributed by atoms with Gasteiger partial charge in [-0.25, -0.2) is 4.79 Å². The third kappa shape index (κ3) is 4.73. The number of amides is 2. The zero-order chi connectivity index (χ0) is 15.9. The van der Waals surface area contributed by atoms with Gasteiger partial charge in [0.15, 0.2) is 0 Å². The molecule has 5 nitrogen and oxygen atoms in total. The van der Waals surface area contributed by atoms with Crippen molar-refractivity contribution in [3.05, 3.63) is 57.7 Å². The summed E-state index contributed by atoms with van der Waals surface area (Å²) in [7, 11) is 0. The molecular formula is C16H15IN2O3. The van der Waals surface area contributed by atoms with Gasteiger partial charge < -0.3 is 10.1 Å². The molecular weight excluding hydrogens is 395 g/mol. The Morgan fingerprint density at radius 1 is 1.05 bits per heavy atom. The van der Waals surface area contributed by atoms with Crippen molar-refractivity contribution >= 4 is 46.0 Å². The summed E-state index contributed by atoms with van der Waals surface area (Å²) in [6.07, 6.45) is -0.544. The lowest BCUT2D eigenvalue weighted by Crippen LogP contribution is -2.15. The minimum absolute atomic E-state index is 0.241. The van der Waals surface area contributed by atoms with E-state index in [0.717, 1.165) is 9.26 Å². The van der Waals surface area contributed by atoms with Crippen LogP contribution in [-0.2, 0) is 4.74 Å². The van der Waals surface area contributed by atoms with Crippen LogP contribution in [0.4, 0.5) is 16.2 Å². The van der Waals surface area contributed by atoms with Gasteiger partial charge in [0.25, 0.3) is 5.91 Å². The Labute approximate surface area is 142 Å². The molecule has 0 aromatic heterocycles. The topological polar surface area (TPSA) is 67.4 Å². The molecule has 0 heterocycles. The summed E-state index contributed by atoms with van der Waals surface area (Å²) in [6, 6.07) is 14.2. The van der Waals surface area contributed by atoms with Gasteiger partial charge in [-0.2, -0.15) is 0 Å². The van der Waals surface area contributed by atoms with Gasteiger partial charge in [0.1, 0.15) is 0 Å². The predicted molar refractivity (Wildman–Crippen MR) is 94.2 cm³/mol. The van der Waals surface area contributed by atoms with Crippen molar-refractivity contribution in [1.82, 2.24) is 0 Å². The summed E-state index contributed by atoms with van der Waals surface area (Å²) in [5.41, 5.74) is 1.68. The number of hydrogen-bond donors (Lipinski definition) is 2. The molecule has 0 aliphatic heterocycles. The lowest BCUT2D eigenvalue weighted by Gasteiger charge is -2.08. The van der Waals surface area contributed by atoms with Gasteiger partial charge in [-0.15, -0.1) is 0 Å². The average molecular weight is 410 g/mol. The highest BCUT2D eigenvalue weighted by atomic mass is 127. The highest BCUT2D eigenvalue weighted by Gasteiger charge is 2.08. The third-order valence-electron chi connectivity index (χ3n) is 2.73. The number of benzene rings is 2. The normalized spacial score (nSPS) is 9.91. The van der Waals surface area contributed by atoms with Crippen molar-refractivity contribution in [1.29, 1.82) is 0 Å². The highest BCUT2D eigenvalue weighted by molar-refractivity contribution is 14.1. The van der Waals surface area contributed by atoms with Crippen molar-refractivity contribution < 1.29 is 14.3 Å². The van der Waals surface area contributed by atoms with Crippen LogP contribution in [0.5, 0.6) is 0 Å². The Morgan fingerprint density at radius 2 is 1.73 bits per heavy atom. The second kappa shape index (κ2) is 7.79. The molecule has 0 spiro atoms. The molecule has 0 saturated carbocycles.